The van der Waals surface area contributed by atoms with E-state index < -0.39 is 0 Å². The van der Waals surface area contributed by atoms with E-state index >= 15 is 0 Å². The van der Waals surface area contributed by atoms with E-state index in [1.807, 2.05) is 42.1 Å². The second-order valence-electron chi connectivity index (χ2n) is 3.88. The standard InChI is InChI=1S/C12H17N5S/c1-18-10-6-5-9-13-12-14-15-16-17(12)11-7-3-2-4-8-11/h2-4,7-8H,5-6,9-10H2,1H3,(H,13,14,16). The topological polar surface area (TPSA) is 55.6 Å². The molecule has 2 rings (SSSR count). The number of hydrogen-bond acceptors (Lipinski definition) is 5. The first-order chi connectivity index (χ1) is 8.92. The van der Waals surface area contributed by atoms with Gasteiger partial charge >= 0.3 is 0 Å². The largest absolute Gasteiger partial charge is 0.353 e. The molecule has 0 saturated carbocycles. The molecule has 1 aromatic heterocycles. The first kappa shape index (κ1) is 12.9. The van der Waals surface area contributed by atoms with E-state index in [2.05, 4.69) is 27.1 Å². The number of tetrazole rings is 1. The number of nitrogens with one attached hydrogen (secondary N) is 1. The summed E-state index contributed by atoms with van der Waals surface area (Å²) in [5.41, 5.74) is 0.967. The van der Waals surface area contributed by atoms with E-state index in [1.165, 1.54) is 12.2 Å². The van der Waals surface area contributed by atoms with Crippen molar-refractivity contribution in [1.82, 2.24) is 20.2 Å². The maximum atomic E-state index is 4.00. The lowest BCUT2D eigenvalue weighted by Gasteiger charge is -2.06. The lowest BCUT2D eigenvalue weighted by Crippen LogP contribution is -2.08. The maximum Gasteiger partial charge on any atom is 0.247 e. The highest BCUT2D eigenvalue weighted by atomic mass is 32.2. The van der Waals surface area contributed by atoms with E-state index in [0.29, 0.717) is 5.95 Å². The van der Waals surface area contributed by atoms with Gasteiger partial charge in [0.15, 0.2) is 0 Å². The highest BCUT2D eigenvalue weighted by Gasteiger charge is 2.06. The maximum absolute atomic E-state index is 4.00. The number of benzene rings is 1. The summed E-state index contributed by atoms with van der Waals surface area (Å²) in [7, 11) is 0. The molecule has 0 saturated heterocycles. The van der Waals surface area contributed by atoms with Gasteiger partial charge in [-0.3, -0.25) is 0 Å². The van der Waals surface area contributed by atoms with Crippen molar-refractivity contribution in [2.24, 2.45) is 0 Å². The van der Waals surface area contributed by atoms with E-state index in [1.54, 1.807) is 4.68 Å². The fourth-order valence-electron chi connectivity index (χ4n) is 1.61. The fourth-order valence-corrected chi connectivity index (χ4v) is 2.10. The predicted octanol–water partition coefficient (Wildman–Crippen LogP) is 2.22. The van der Waals surface area contributed by atoms with Crippen LogP contribution < -0.4 is 5.32 Å². The minimum Gasteiger partial charge on any atom is -0.353 e. The predicted molar refractivity (Wildman–Crippen MR) is 75.3 cm³/mol. The molecule has 0 unspecified atom stereocenters. The van der Waals surface area contributed by atoms with Crippen LogP contribution in [0.3, 0.4) is 0 Å². The Bertz CT molecular complexity index is 457. The number of para-hydroxylation sites is 1. The summed E-state index contributed by atoms with van der Waals surface area (Å²) in [6.07, 6.45) is 4.47. The minimum atomic E-state index is 0.699. The highest BCUT2D eigenvalue weighted by Crippen LogP contribution is 2.10. The Hall–Kier alpha value is -1.56. The van der Waals surface area contributed by atoms with Gasteiger partial charge in [-0.15, -0.1) is 0 Å². The summed E-state index contributed by atoms with van der Waals surface area (Å²) in [5.74, 6) is 1.90. The van der Waals surface area contributed by atoms with Gasteiger partial charge in [0.2, 0.25) is 5.95 Å². The summed E-state index contributed by atoms with van der Waals surface area (Å²) in [6.45, 7) is 0.897. The Kier molecular flexibility index (Phi) is 5.01. The molecule has 0 aliphatic carbocycles. The minimum absolute atomic E-state index is 0.699. The number of rotatable bonds is 7. The molecule has 1 heterocycles. The van der Waals surface area contributed by atoms with Crippen molar-refractivity contribution in [3.05, 3.63) is 30.3 Å². The molecule has 5 nitrogen and oxygen atoms in total. The van der Waals surface area contributed by atoms with Gasteiger partial charge in [-0.05, 0) is 47.4 Å². The summed E-state index contributed by atoms with van der Waals surface area (Å²) < 4.78 is 1.72. The van der Waals surface area contributed by atoms with E-state index in [4.69, 9.17) is 0 Å². The van der Waals surface area contributed by atoms with Gasteiger partial charge in [0.25, 0.3) is 0 Å². The van der Waals surface area contributed by atoms with Crippen LogP contribution in [0.15, 0.2) is 30.3 Å². The summed E-state index contributed by atoms with van der Waals surface area (Å²) >= 11 is 1.88. The second kappa shape index (κ2) is 7.00. The van der Waals surface area contributed by atoms with Crippen LogP contribution in [-0.4, -0.2) is 38.8 Å². The van der Waals surface area contributed by atoms with Gasteiger partial charge in [-0.25, -0.2) is 0 Å². The second-order valence-corrected chi connectivity index (χ2v) is 4.86. The third-order valence-corrected chi connectivity index (χ3v) is 3.23. The molecule has 18 heavy (non-hydrogen) atoms. The van der Waals surface area contributed by atoms with Crippen LogP contribution in [0, 0.1) is 0 Å². The lowest BCUT2D eigenvalue weighted by atomic mass is 10.3. The lowest BCUT2D eigenvalue weighted by molar-refractivity contribution is 0.783. The number of unbranched alkanes of at least 4 members (excludes halogenated alkanes) is 1. The summed E-state index contributed by atoms with van der Waals surface area (Å²) in [5, 5.41) is 15.0. The molecule has 0 fully saturated rings. The van der Waals surface area contributed by atoms with Gasteiger partial charge in [0, 0.05) is 6.54 Å². The van der Waals surface area contributed by atoms with Crippen molar-refractivity contribution in [3.8, 4) is 5.69 Å². The average Bonchev–Trinajstić information content (AvgIpc) is 2.88. The van der Waals surface area contributed by atoms with Crippen LogP contribution in [0.5, 0.6) is 0 Å². The zero-order valence-corrected chi connectivity index (χ0v) is 11.2. The SMILES string of the molecule is CSCCCCNc1nnnn1-c1ccccc1. The molecule has 96 valence electrons. The third kappa shape index (κ3) is 3.46. The van der Waals surface area contributed by atoms with Gasteiger partial charge in [-0.1, -0.05) is 23.3 Å². The molecule has 1 aromatic carbocycles. The number of thioether (sulfide) groups is 1. The van der Waals surface area contributed by atoms with Gasteiger partial charge in [0.05, 0.1) is 5.69 Å². The Balaban J connectivity index is 1.92. The molecular formula is C12H17N5S. The number of aromatic nitrogens is 4. The van der Waals surface area contributed by atoms with Crippen LogP contribution in [-0.2, 0) is 0 Å². The molecule has 2 aromatic rings. The van der Waals surface area contributed by atoms with E-state index in [0.717, 1.165) is 18.7 Å². The van der Waals surface area contributed by atoms with E-state index in [-0.39, 0.29) is 0 Å². The first-order valence-corrected chi connectivity index (χ1v) is 7.38. The van der Waals surface area contributed by atoms with Crippen LogP contribution in [0.25, 0.3) is 5.69 Å². The van der Waals surface area contributed by atoms with Crippen molar-refractivity contribution in [1.29, 1.82) is 0 Å². The number of nitrogens with zero attached hydrogens (tertiary/aromatic N) is 4. The third-order valence-electron chi connectivity index (χ3n) is 2.53. The molecule has 0 bridgehead atoms. The normalized spacial score (nSPS) is 10.5. The fraction of sp³-hybridized carbons (Fsp3) is 0.417. The number of anilines is 1. The van der Waals surface area contributed by atoms with Crippen molar-refractivity contribution < 1.29 is 0 Å². The zero-order chi connectivity index (χ0) is 12.6. The van der Waals surface area contributed by atoms with Crippen LogP contribution in [0.4, 0.5) is 5.95 Å². The Morgan fingerprint density at radius 3 is 2.83 bits per heavy atom. The van der Waals surface area contributed by atoms with Crippen molar-refractivity contribution in [3.63, 3.8) is 0 Å². The highest BCUT2D eigenvalue weighted by molar-refractivity contribution is 7.98. The monoisotopic (exact) mass is 263 g/mol. The van der Waals surface area contributed by atoms with Crippen LogP contribution >= 0.6 is 11.8 Å². The summed E-state index contributed by atoms with van der Waals surface area (Å²) in [4.78, 5) is 0. The number of hydrogen-bond donors (Lipinski definition) is 1. The molecule has 0 amide bonds. The van der Waals surface area contributed by atoms with Crippen molar-refractivity contribution in [2.45, 2.75) is 12.8 Å². The molecule has 6 heteroatoms. The molecule has 1 N–H and O–H groups in total. The molecule has 0 radical (unpaired) electrons. The van der Waals surface area contributed by atoms with Gasteiger partial charge < -0.3 is 5.32 Å². The van der Waals surface area contributed by atoms with E-state index in [9.17, 15) is 0 Å². The quantitative estimate of drug-likeness (QED) is 0.776. The average molecular weight is 263 g/mol. The summed E-state index contributed by atoms with van der Waals surface area (Å²) in [6, 6.07) is 9.88. The Morgan fingerprint density at radius 1 is 1.22 bits per heavy atom. The van der Waals surface area contributed by atoms with Gasteiger partial charge in [0.1, 0.15) is 0 Å². The Morgan fingerprint density at radius 2 is 2.06 bits per heavy atom. The molecule has 0 atom stereocenters. The van der Waals surface area contributed by atoms with Crippen LogP contribution in [0.2, 0.25) is 0 Å². The van der Waals surface area contributed by atoms with Crippen LogP contribution in [0.1, 0.15) is 12.8 Å². The molecular weight excluding hydrogens is 246 g/mol. The van der Waals surface area contributed by atoms with Crippen molar-refractivity contribution in [2.75, 3.05) is 23.9 Å². The molecule has 0 aliphatic heterocycles. The zero-order valence-electron chi connectivity index (χ0n) is 10.4. The Labute approximate surface area is 111 Å². The first-order valence-electron chi connectivity index (χ1n) is 5.98. The molecule has 0 aliphatic rings. The van der Waals surface area contributed by atoms with Crippen molar-refractivity contribution >= 4 is 17.7 Å². The smallest absolute Gasteiger partial charge is 0.247 e. The molecule has 0 spiro atoms. The van der Waals surface area contributed by atoms with Gasteiger partial charge in [-0.2, -0.15) is 16.4 Å².